The Morgan fingerprint density at radius 3 is 2.31 bits per heavy atom. The van der Waals surface area contributed by atoms with Crippen molar-refractivity contribution in [1.82, 2.24) is 31.6 Å². The molecule has 5 N–H and O–H groups in total. The monoisotopic (exact) mass is 716 g/mol. The van der Waals surface area contributed by atoms with Crippen molar-refractivity contribution in [3.63, 3.8) is 0 Å². The van der Waals surface area contributed by atoms with E-state index in [2.05, 4.69) is 31.6 Å². The highest BCUT2D eigenvalue weighted by molar-refractivity contribution is 6.38. The van der Waals surface area contributed by atoms with Crippen molar-refractivity contribution in [1.29, 1.82) is 0 Å². The Hall–Kier alpha value is -5.02. The summed E-state index contributed by atoms with van der Waals surface area (Å²) in [6, 6.07) is 7.14. The van der Waals surface area contributed by atoms with E-state index in [-0.39, 0.29) is 49.4 Å². The molecule has 1 aliphatic heterocycles. The Morgan fingerprint density at radius 1 is 1.00 bits per heavy atom. The van der Waals surface area contributed by atoms with E-state index in [0.29, 0.717) is 18.5 Å². The van der Waals surface area contributed by atoms with Gasteiger partial charge in [-0.1, -0.05) is 44.2 Å². The standard InChI is InChI=1S/C35H43F3N6O7/c1-19(2)14-27(30(47)42-26(15-22-10-12-40-29(22)46)28(45)31(48)41-20(3)4)43-32(49)34(44-33(50)51-18-21-8-6-5-7-9-21)17-24(34)25-16-23(11-13-39-25)35(36,37)38/h5-9,11,13,16,19-20,22,24,26-27H,10,12,14-15,17-18H2,1-4H3,(H,40,46)(H,41,48)(H,42,47)(H,43,49)(H,44,50)/t22-,24?,26-,27-,34?/m0/s1. The second kappa shape index (κ2) is 16.3. The van der Waals surface area contributed by atoms with Gasteiger partial charge >= 0.3 is 12.3 Å². The molecule has 4 rings (SSSR count). The lowest BCUT2D eigenvalue weighted by Crippen LogP contribution is -2.58. The molecule has 13 nitrogen and oxygen atoms in total. The predicted molar refractivity (Wildman–Crippen MR) is 176 cm³/mol. The number of rotatable bonds is 15. The molecule has 0 spiro atoms. The molecule has 1 aromatic heterocycles. The number of hydrogen-bond donors (Lipinski definition) is 5. The maximum Gasteiger partial charge on any atom is 0.416 e. The Balaban J connectivity index is 1.59. The number of Topliss-reactive ketones (excluding diaryl/α,β-unsaturated/α-hetero) is 1. The molecule has 1 aliphatic carbocycles. The van der Waals surface area contributed by atoms with Crippen LogP contribution in [-0.4, -0.2) is 70.7 Å². The molecule has 2 aromatic rings. The molecule has 1 saturated carbocycles. The first-order valence-corrected chi connectivity index (χ1v) is 16.8. The minimum atomic E-state index is -4.70. The van der Waals surface area contributed by atoms with Crippen molar-refractivity contribution in [2.75, 3.05) is 6.54 Å². The molecular formula is C35H43F3N6O7. The van der Waals surface area contributed by atoms with Crippen LogP contribution in [0, 0.1) is 11.8 Å². The Bertz CT molecular complexity index is 1620. The summed E-state index contributed by atoms with van der Waals surface area (Å²) in [7, 11) is 0. The van der Waals surface area contributed by atoms with Crippen molar-refractivity contribution in [2.45, 2.75) is 95.7 Å². The normalized spacial score (nSPS) is 20.9. The zero-order valence-electron chi connectivity index (χ0n) is 28.8. The van der Waals surface area contributed by atoms with Crippen molar-refractivity contribution in [3.05, 3.63) is 65.5 Å². The number of nitrogens with zero attached hydrogens (tertiary/aromatic N) is 1. The van der Waals surface area contributed by atoms with E-state index in [1.807, 2.05) is 0 Å². The number of ether oxygens (including phenoxy) is 1. The van der Waals surface area contributed by atoms with Crippen LogP contribution in [0.3, 0.4) is 0 Å². The maximum absolute atomic E-state index is 14.1. The summed E-state index contributed by atoms with van der Waals surface area (Å²) < 4.78 is 46.0. The number of alkyl carbamates (subject to hydrolysis) is 1. The van der Waals surface area contributed by atoms with Crippen LogP contribution in [-0.2, 0) is 41.5 Å². The average molecular weight is 717 g/mol. The van der Waals surface area contributed by atoms with Gasteiger partial charge in [-0.25, -0.2) is 4.79 Å². The van der Waals surface area contributed by atoms with Crippen LogP contribution in [0.25, 0.3) is 0 Å². The minimum Gasteiger partial charge on any atom is -0.445 e. The predicted octanol–water partition coefficient (Wildman–Crippen LogP) is 2.89. The van der Waals surface area contributed by atoms with E-state index in [4.69, 9.17) is 4.74 Å². The lowest BCUT2D eigenvalue weighted by molar-refractivity contribution is -0.141. The van der Waals surface area contributed by atoms with Gasteiger partial charge in [0.25, 0.3) is 5.91 Å². The van der Waals surface area contributed by atoms with E-state index >= 15 is 0 Å². The Morgan fingerprint density at radius 2 is 1.71 bits per heavy atom. The van der Waals surface area contributed by atoms with Crippen molar-refractivity contribution in [3.8, 4) is 0 Å². The van der Waals surface area contributed by atoms with Crippen LogP contribution >= 0.6 is 0 Å². The highest BCUT2D eigenvalue weighted by atomic mass is 19.4. The van der Waals surface area contributed by atoms with Crippen molar-refractivity contribution in [2.24, 2.45) is 11.8 Å². The fourth-order valence-corrected chi connectivity index (χ4v) is 5.96. The number of amides is 5. The molecular weight excluding hydrogens is 673 g/mol. The van der Waals surface area contributed by atoms with Crippen LogP contribution in [0.4, 0.5) is 18.0 Å². The second-order valence-electron chi connectivity index (χ2n) is 13.6. The minimum absolute atomic E-state index is 0.0433. The summed E-state index contributed by atoms with van der Waals surface area (Å²) in [4.78, 5) is 83.2. The first-order valence-electron chi connectivity index (χ1n) is 16.8. The van der Waals surface area contributed by atoms with Gasteiger partial charge in [0.05, 0.1) is 11.6 Å². The smallest absolute Gasteiger partial charge is 0.416 e. The molecule has 51 heavy (non-hydrogen) atoms. The summed E-state index contributed by atoms with van der Waals surface area (Å²) in [6.45, 7) is 7.06. The highest BCUT2D eigenvalue weighted by Gasteiger charge is 2.63. The van der Waals surface area contributed by atoms with Crippen LogP contribution in [0.2, 0.25) is 0 Å². The van der Waals surface area contributed by atoms with Gasteiger partial charge in [0, 0.05) is 36.3 Å². The van der Waals surface area contributed by atoms with Crippen molar-refractivity contribution >= 4 is 35.5 Å². The molecule has 0 bridgehead atoms. The molecule has 16 heteroatoms. The van der Waals surface area contributed by atoms with Crippen LogP contribution < -0.4 is 26.6 Å². The number of carbonyl (C=O) groups is 6. The van der Waals surface area contributed by atoms with E-state index in [9.17, 15) is 41.9 Å². The number of pyridine rings is 1. The van der Waals surface area contributed by atoms with Gasteiger partial charge in [-0.2, -0.15) is 13.2 Å². The molecule has 276 valence electrons. The first-order chi connectivity index (χ1) is 24.0. The van der Waals surface area contributed by atoms with Gasteiger partial charge in [-0.05, 0) is 63.1 Å². The van der Waals surface area contributed by atoms with Gasteiger partial charge in [0.15, 0.2) is 0 Å². The maximum atomic E-state index is 14.1. The van der Waals surface area contributed by atoms with E-state index < -0.39 is 70.8 Å². The average Bonchev–Trinajstić information content (AvgIpc) is 3.66. The molecule has 2 heterocycles. The number of halogens is 3. The van der Waals surface area contributed by atoms with Gasteiger partial charge in [-0.3, -0.25) is 29.0 Å². The third-order valence-corrected chi connectivity index (χ3v) is 8.66. The van der Waals surface area contributed by atoms with Gasteiger partial charge in [0.1, 0.15) is 18.2 Å². The zero-order valence-corrected chi connectivity index (χ0v) is 28.8. The van der Waals surface area contributed by atoms with E-state index in [0.717, 1.165) is 18.3 Å². The molecule has 5 amide bonds. The molecule has 1 saturated heterocycles. The van der Waals surface area contributed by atoms with Crippen molar-refractivity contribution < 1.29 is 46.7 Å². The fraction of sp³-hybridized carbons (Fsp3) is 0.514. The molecule has 1 aromatic carbocycles. The summed E-state index contributed by atoms with van der Waals surface area (Å²) in [5.74, 6) is -5.82. The largest absolute Gasteiger partial charge is 0.445 e. The first kappa shape index (κ1) is 38.8. The molecule has 0 radical (unpaired) electrons. The molecule has 5 atom stereocenters. The Labute approximate surface area is 293 Å². The van der Waals surface area contributed by atoms with E-state index in [1.54, 1.807) is 58.0 Å². The third-order valence-electron chi connectivity index (χ3n) is 8.66. The number of hydrogen-bond acceptors (Lipinski definition) is 8. The number of alkyl halides is 3. The fourth-order valence-electron chi connectivity index (χ4n) is 5.96. The summed E-state index contributed by atoms with van der Waals surface area (Å²) in [5.41, 5.74) is -2.29. The van der Waals surface area contributed by atoms with Crippen LogP contribution in [0.15, 0.2) is 48.7 Å². The zero-order chi connectivity index (χ0) is 37.5. The summed E-state index contributed by atoms with van der Waals surface area (Å²) >= 11 is 0. The lowest BCUT2D eigenvalue weighted by atomic mass is 9.94. The number of ketones is 1. The van der Waals surface area contributed by atoms with E-state index in [1.165, 1.54) is 0 Å². The van der Waals surface area contributed by atoms with Crippen LogP contribution in [0.1, 0.15) is 76.1 Å². The topological polar surface area (TPSA) is 185 Å². The molecule has 2 fully saturated rings. The van der Waals surface area contributed by atoms with Gasteiger partial charge < -0.3 is 31.3 Å². The Kier molecular flexibility index (Phi) is 12.4. The lowest BCUT2D eigenvalue weighted by Gasteiger charge is -2.27. The van der Waals surface area contributed by atoms with Gasteiger partial charge in [-0.15, -0.1) is 0 Å². The number of nitrogens with one attached hydrogen (secondary N) is 5. The van der Waals surface area contributed by atoms with Crippen LogP contribution in [0.5, 0.6) is 0 Å². The number of carbonyl (C=O) groups excluding carboxylic acids is 6. The highest BCUT2D eigenvalue weighted by Crippen LogP contribution is 2.52. The van der Waals surface area contributed by atoms with Gasteiger partial charge in [0.2, 0.25) is 23.5 Å². The third kappa shape index (κ3) is 10.3. The number of aromatic nitrogens is 1. The number of benzene rings is 1. The molecule has 2 unspecified atom stereocenters. The summed E-state index contributed by atoms with van der Waals surface area (Å²) in [6.07, 6.45) is -4.65. The molecule has 2 aliphatic rings. The second-order valence-corrected chi connectivity index (χ2v) is 13.6. The summed E-state index contributed by atoms with van der Waals surface area (Å²) in [5, 5.41) is 12.8. The SMILES string of the molecule is CC(C)C[C@H](NC(=O)C1(NC(=O)OCc2ccccc2)CC1c1cc(C(F)(F)F)ccn1)C(=O)N[C@@H](C[C@@H]1CCNC1=O)C(=O)C(=O)NC(C)C. The quantitative estimate of drug-likeness (QED) is 0.174.